The Balaban J connectivity index is 1.31. The normalized spacial score (nSPS) is 10.8. The number of rotatable bonds is 7. The van der Waals surface area contributed by atoms with Crippen LogP contribution in [0.3, 0.4) is 0 Å². The Labute approximate surface area is 184 Å². The molecule has 0 aliphatic carbocycles. The van der Waals surface area contributed by atoms with E-state index >= 15 is 0 Å². The van der Waals surface area contributed by atoms with E-state index in [1.807, 2.05) is 84.2 Å². The summed E-state index contributed by atoms with van der Waals surface area (Å²) in [6.45, 7) is 0.518. The van der Waals surface area contributed by atoms with Crippen LogP contribution in [-0.2, 0) is 11.4 Å². The highest BCUT2D eigenvalue weighted by molar-refractivity contribution is 7.14. The number of nitrogens with zero attached hydrogens (tertiary/aromatic N) is 1. The number of nitrogen functional groups attached to an aromatic ring is 1. The van der Waals surface area contributed by atoms with E-state index < -0.39 is 0 Å². The van der Waals surface area contributed by atoms with E-state index in [4.69, 9.17) is 10.5 Å². The summed E-state index contributed by atoms with van der Waals surface area (Å²) < 4.78 is 5.78. The molecule has 31 heavy (non-hydrogen) atoms. The number of amides is 1. The van der Waals surface area contributed by atoms with Gasteiger partial charge in [-0.2, -0.15) is 0 Å². The van der Waals surface area contributed by atoms with Crippen molar-refractivity contribution in [2.45, 2.75) is 6.61 Å². The van der Waals surface area contributed by atoms with E-state index in [-0.39, 0.29) is 5.91 Å². The van der Waals surface area contributed by atoms with Crippen LogP contribution >= 0.6 is 11.3 Å². The number of nitrogens with two attached hydrogens (primary N) is 1. The molecule has 1 aromatic heterocycles. The molecule has 0 fully saturated rings. The van der Waals surface area contributed by atoms with Gasteiger partial charge in [0.2, 0.25) is 5.91 Å². The lowest BCUT2D eigenvalue weighted by Gasteiger charge is -2.06. The molecule has 0 atom stereocenters. The second kappa shape index (κ2) is 9.73. The Morgan fingerprint density at radius 1 is 1.03 bits per heavy atom. The topological polar surface area (TPSA) is 77.2 Å². The lowest BCUT2D eigenvalue weighted by atomic mass is 10.1. The summed E-state index contributed by atoms with van der Waals surface area (Å²) in [5.74, 6) is 0.542. The standard InChI is InChI=1S/C25H21N3O2S/c26-21-8-4-7-20(15-21)23-17-31-25(27-23)28-24(29)14-11-18-9-12-22(13-10-18)30-16-19-5-2-1-3-6-19/h1-15,17H,16,26H2,(H,27,28,29)/b14-11+. The summed E-state index contributed by atoms with van der Waals surface area (Å²) in [5.41, 5.74) is 10.2. The molecule has 0 saturated heterocycles. The zero-order chi connectivity index (χ0) is 21.5. The summed E-state index contributed by atoms with van der Waals surface area (Å²) in [4.78, 5) is 16.7. The molecule has 3 N–H and O–H groups in total. The molecule has 4 aromatic rings. The molecule has 0 bridgehead atoms. The Morgan fingerprint density at radius 2 is 1.84 bits per heavy atom. The van der Waals surface area contributed by atoms with Crippen molar-refractivity contribution in [2.24, 2.45) is 0 Å². The maximum absolute atomic E-state index is 12.2. The first kappa shape index (κ1) is 20.4. The van der Waals surface area contributed by atoms with Gasteiger partial charge in [0.05, 0.1) is 5.69 Å². The number of ether oxygens (including phenoxy) is 1. The van der Waals surface area contributed by atoms with Gasteiger partial charge in [-0.25, -0.2) is 4.98 Å². The molecule has 0 aliphatic rings. The summed E-state index contributed by atoms with van der Waals surface area (Å²) in [6, 6.07) is 25.1. The fourth-order valence-corrected chi connectivity index (χ4v) is 3.62. The van der Waals surface area contributed by atoms with Crippen molar-refractivity contribution < 1.29 is 9.53 Å². The van der Waals surface area contributed by atoms with Gasteiger partial charge in [-0.15, -0.1) is 11.3 Å². The van der Waals surface area contributed by atoms with Crippen LogP contribution in [0.15, 0.2) is 90.3 Å². The summed E-state index contributed by atoms with van der Waals surface area (Å²) in [6.07, 6.45) is 3.24. The van der Waals surface area contributed by atoms with Crippen molar-refractivity contribution in [3.05, 3.63) is 101 Å². The van der Waals surface area contributed by atoms with Crippen molar-refractivity contribution in [3.63, 3.8) is 0 Å². The number of hydrogen-bond donors (Lipinski definition) is 2. The third-order valence-corrected chi connectivity index (χ3v) is 5.23. The lowest BCUT2D eigenvalue weighted by Crippen LogP contribution is -2.07. The van der Waals surface area contributed by atoms with Gasteiger partial charge < -0.3 is 10.5 Å². The minimum atomic E-state index is -0.238. The van der Waals surface area contributed by atoms with Crippen LogP contribution < -0.4 is 15.8 Å². The Kier molecular flexibility index (Phi) is 6.40. The highest BCUT2D eigenvalue weighted by Crippen LogP contribution is 2.26. The minimum Gasteiger partial charge on any atom is -0.489 e. The number of anilines is 2. The zero-order valence-electron chi connectivity index (χ0n) is 16.7. The van der Waals surface area contributed by atoms with Crippen molar-refractivity contribution in [1.29, 1.82) is 0 Å². The minimum absolute atomic E-state index is 0.238. The van der Waals surface area contributed by atoms with Gasteiger partial charge in [0, 0.05) is 22.7 Å². The molecule has 4 rings (SSSR count). The SMILES string of the molecule is Nc1cccc(-c2csc(NC(=O)/C=C/c3ccc(OCc4ccccc4)cc3)n2)c1. The smallest absolute Gasteiger partial charge is 0.250 e. The maximum Gasteiger partial charge on any atom is 0.250 e. The van der Waals surface area contributed by atoms with E-state index in [0.29, 0.717) is 17.4 Å². The molecule has 0 radical (unpaired) electrons. The molecule has 0 spiro atoms. The summed E-state index contributed by atoms with van der Waals surface area (Å²) in [5, 5.41) is 5.22. The average molecular weight is 428 g/mol. The summed E-state index contributed by atoms with van der Waals surface area (Å²) >= 11 is 1.37. The number of nitrogens with one attached hydrogen (secondary N) is 1. The molecule has 5 nitrogen and oxygen atoms in total. The second-order valence-electron chi connectivity index (χ2n) is 6.83. The predicted molar refractivity (Wildman–Crippen MR) is 127 cm³/mol. The van der Waals surface area contributed by atoms with Crippen molar-refractivity contribution >= 4 is 34.1 Å². The molecule has 0 unspecified atom stereocenters. The molecule has 0 saturated carbocycles. The van der Waals surface area contributed by atoms with Gasteiger partial charge in [0.25, 0.3) is 0 Å². The lowest BCUT2D eigenvalue weighted by molar-refractivity contribution is -0.111. The number of carbonyl (C=O) groups excluding carboxylic acids is 1. The second-order valence-corrected chi connectivity index (χ2v) is 7.69. The highest BCUT2D eigenvalue weighted by atomic mass is 32.1. The number of carbonyl (C=O) groups is 1. The predicted octanol–water partition coefficient (Wildman–Crippen LogP) is 5.62. The van der Waals surface area contributed by atoms with E-state index in [1.165, 1.54) is 17.4 Å². The average Bonchev–Trinajstić information content (AvgIpc) is 3.26. The number of hydrogen-bond acceptors (Lipinski definition) is 5. The van der Waals surface area contributed by atoms with E-state index in [9.17, 15) is 4.79 Å². The van der Waals surface area contributed by atoms with Gasteiger partial charge in [-0.3, -0.25) is 10.1 Å². The van der Waals surface area contributed by atoms with Crippen molar-refractivity contribution in [2.75, 3.05) is 11.1 Å². The molecule has 6 heteroatoms. The highest BCUT2D eigenvalue weighted by Gasteiger charge is 2.07. The molecule has 3 aromatic carbocycles. The van der Waals surface area contributed by atoms with Gasteiger partial charge in [0.15, 0.2) is 5.13 Å². The zero-order valence-corrected chi connectivity index (χ0v) is 17.5. The van der Waals surface area contributed by atoms with Gasteiger partial charge >= 0.3 is 0 Å². The molecular weight excluding hydrogens is 406 g/mol. The van der Waals surface area contributed by atoms with E-state index in [2.05, 4.69) is 10.3 Å². The van der Waals surface area contributed by atoms with Crippen LogP contribution in [0.1, 0.15) is 11.1 Å². The maximum atomic E-state index is 12.2. The fourth-order valence-electron chi connectivity index (χ4n) is 2.90. The Morgan fingerprint density at radius 3 is 2.61 bits per heavy atom. The molecule has 154 valence electrons. The number of aromatic nitrogens is 1. The van der Waals surface area contributed by atoms with Crippen molar-refractivity contribution in [1.82, 2.24) is 4.98 Å². The van der Waals surface area contributed by atoms with Crippen LogP contribution in [0.4, 0.5) is 10.8 Å². The largest absolute Gasteiger partial charge is 0.489 e. The first-order valence-corrected chi connectivity index (χ1v) is 10.6. The van der Waals surface area contributed by atoms with E-state index in [0.717, 1.165) is 28.1 Å². The summed E-state index contributed by atoms with van der Waals surface area (Å²) in [7, 11) is 0. The van der Waals surface area contributed by atoms with Gasteiger partial charge in [0.1, 0.15) is 12.4 Å². The molecular formula is C25H21N3O2S. The number of benzene rings is 3. The Bertz CT molecular complexity index is 1180. The molecule has 0 aliphatic heterocycles. The van der Waals surface area contributed by atoms with Gasteiger partial charge in [-0.1, -0.05) is 54.6 Å². The first-order valence-electron chi connectivity index (χ1n) is 9.73. The van der Waals surface area contributed by atoms with Gasteiger partial charge in [-0.05, 0) is 41.5 Å². The van der Waals surface area contributed by atoms with Crippen LogP contribution in [-0.4, -0.2) is 10.9 Å². The third-order valence-electron chi connectivity index (χ3n) is 4.47. The van der Waals surface area contributed by atoms with E-state index in [1.54, 1.807) is 6.08 Å². The fraction of sp³-hybridized carbons (Fsp3) is 0.0400. The Hall–Kier alpha value is -3.90. The third kappa shape index (κ3) is 5.81. The van der Waals surface area contributed by atoms with Crippen LogP contribution in [0, 0.1) is 0 Å². The first-order chi connectivity index (χ1) is 15.2. The van der Waals surface area contributed by atoms with Crippen LogP contribution in [0.25, 0.3) is 17.3 Å². The van der Waals surface area contributed by atoms with Crippen LogP contribution in [0.2, 0.25) is 0 Å². The molecule has 1 amide bonds. The molecule has 1 heterocycles. The quantitative estimate of drug-likeness (QED) is 0.296. The monoisotopic (exact) mass is 427 g/mol. The van der Waals surface area contributed by atoms with Crippen molar-refractivity contribution in [3.8, 4) is 17.0 Å². The number of thiazole rings is 1. The van der Waals surface area contributed by atoms with Crippen LogP contribution in [0.5, 0.6) is 5.75 Å².